The summed E-state index contributed by atoms with van der Waals surface area (Å²) in [5, 5.41) is 5.82. The van der Waals surface area contributed by atoms with E-state index < -0.39 is 0 Å². The number of benzene rings is 1. The largest absolute Gasteiger partial charge is 0.259 e. The van der Waals surface area contributed by atoms with Gasteiger partial charge >= 0.3 is 0 Å². The molecule has 0 N–H and O–H groups in total. The first-order valence-corrected chi connectivity index (χ1v) is 4.92. The van der Waals surface area contributed by atoms with Gasteiger partial charge in [-0.25, -0.2) is 0 Å². The molecule has 1 heterocycles. The van der Waals surface area contributed by atoms with Crippen molar-refractivity contribution in [3.8, 4) is 0 Å². The van der Waals surface area contributed by atoms with Crippen LogP contribution in [0.1, 0.15) is 10.9 Å². The van der Waals surface area contributed by atoms with Crippen molar-refractivity contribution in [2.75, 3.05) is 7.11 Å². The van der Waals surface area contributed by atoms with Gasteiger partial charge in [-0.3, -0.25) is 4.84 Å². The van der Waals surface area contributed by atoms with Crippen LogP contribution in [0.15, 0.2) is 35.4 Å². The second-order valence-electron chi connectivity index (χ2n) is 2.61. The van der Waals surface area contributed by atoms with E-state index in [-0.39, 0.29) is 5.37 Å². The van der Waals surface area contributed by atoms with E-state index >= 15 is 0 Å². The van der Waals surface area contributed by atoms with E-state index in [1.807, 2.05) is 18.2 Å². The van der Waals surface area contributed by atoms with E-state index in [0.717, 1.165) is 0 Å². The van der Waals surface area contributed by atoms with Crippen molar-refractivity contribution >= 4 is 17.3 Å². The molecule has 3 nitrogen and oxygen atoms in total. The zero-order valence-corrected chi connectivity index (χ0v) is 8.07. The molecule has 68 valence electrons. The van der Waals surface area contributed by atoms with Crippen LogP contribution >= 0.6 is 11.8 Å². The van der Waals surface area contributed by atoms with E-state index in [2.05, 4.69) is 17.2 Å². The topological polar surface area (TPSA) is 24.8 Å². The maximum Gasteiger partial charge on any atom is 0.151 e. The molecule has 0 radical (unpaired) electrons. The molecule has 1 aliphatic heterocycles. The van der Waals surface area contributed by atoms with Crippen LogP contribution < -0.4 is 0 Å². The summed E-state index contributed by atoms with van der Waals surface area (Å²) in [6, 6.07) is 10.2. The first kappa shape index (κ1) is 8.59. The van der Waals surface area contributed by atoms with E-state index in [0.29, 0.717) is 0 Å². The molecule has 0 saturated heterocycles. The Balaban J connectivity index is 2.18. The molecule has 4 heteroatoms. The van der Waals surface area contributed by atoms with Crippen LogP contribution in [-0.2, 0) is 4.84 Å². The Labute approximate surface area is 81.3 Å². The predicted molar refractivity (Wildman–Crippen MR) is 54.1 cm³/mol. The molecule has 0 saturated carbocycles. The van der Waals surface area contributed by atoms with Gasteiger partial charge in [0.2, 0.25) is 0 Å². The molecule has 1 aromatic carbocycles. The SMILES string of the molecule is CON1N=CSC1c1ccccc1. The van der Waals surface area contributed by atoms with Crippen LogP contribution in [-0.4, -0.2) is 17.8 Å². The summed E-state index contributed by atoms with van der Waals surface area (Å²) in [5.41, 5.74) is 2.99. The molecule has 0 bridgehead atoms. The fraction of sp³-hybridized carbons (Fsp3) is 0.222. The fourth-order valence-electron chi connectivity index (χ4n) is 1.21. The monoisotopic (exact) mass is 194 g/mol. The van der Waals surface area contributed by atoms with Crippen LogP contribution in [0.3, 0.4) is 0 Å². The van der Waals surface area contributed by atoms with Crippen molar-refractivity contribution < 1.29 is 4.84 Å². The molecule has 1 unspecified atom stereocenters. The Morgan fingerprint density at radius 2 is 2.15 bits per heavy atom. The smallest absolute Gasteiger partial charge is 0.151 e. The molecule has 0 fully saturated rings. The number of hydrogen-bond acceptors (Lipinski definition) is 4. The average Bonchev–Trinajstić information content (AvgIpc) is 2.67. The third kappa shape index (κ3) is 1.68. The maximum absolute atomic E-state index is 5.09. The van der Waals surface area contributed by atoms with Gasteiger partial charge in [-0.15, -0.1) is 0 Å². The van der Waals surface area contributed by atoms with E-state index in [1.54, 1.807) is 29.6 Å². The highest BCUT2D eigenvalue weighted by atomic mass is 32.2. The molecule has 0 amide bonds. The summed E-state index contributed by atoms with van der Waals surface area (Å²) in [4.78, 5) is 5.09. The van der Waals surface area contributed by atoms with Gasteiger partial charge in [0, 0.05) is 0 Å². The number of hydrogen-bond donors (Lipinski definition) is 0. The minimum absolute atomic E-state index is 0.159. The van der Waals surface area contributed by atoms with Gasteiger partial charge in [0.25, 0.3) is 0 Å². The first-order valence-electron chi connectivity index (χ1n) is 3.98. The molecular formula is C9H10N2OS. The third-order valence-corrected chi connectivity index (χ3v) is 2.75. The van der Waals surface area contributed by atoms with Crippen molar-refractivity contribution in [1.29, 1.82) is 0 Å². The highest BCUT2D eigenvalue weighted by Crippen LogP contribution is 2.35. The average molecular weight is 194 g/mol. The first-order chi connectivity index (χ1) is 6.42. The van der Waals surface area contributed by atoms with Crippen LogP contribution in [0.5, 0.6) is 0 Å². The van der Waals surface area contributed by atoms with Crippen molar-refractivity contribution in [1.82, 2.24) is 5.17 Å². The highest BCUT2D eigenvalue weighted by Gasteiger charge is 2.23. The molecule has 1 atom stereocenters. The fourth-order valence-corrected chi connectivity index (χ4v) is 2.03. The van der Waals surface area contributed by atoms with Crippen molar-refractivity contribution in [2.24, 2.45) is 5.10 Å². The van der Waals surface area contributed by atoms with Gasteiger partial charge < -0.3 is 0 Å². The summed E-state index contributed by atoms with van der Waals surface area (Å²) >= 11 is 1.64. The molecule has 1 aromatic rings. The van der Waals surface area contributed by atoms with Crippen LogP contribution in [0.25, 0.3) is 0 Å². The molecule has 13 heavy (non-hydrogen) atoms. The summed E-state index contributed by atoms with van der Waals surface area (Å²) in [6.07, 6.45) is 0. The quantitative estimate of drug-likeness (QED) is 0.721. The van der Waals surface area contributed by atoms with Crippen LogP contribution in [0.2, 0.25) is 0 Å². The molecular weight excluding hydrogens is 184 g/mol. The number of rotatable bonds is 2. The molecule has 0 spiro atoms. The predicted octanol–water partition coefficient (Wildman–Crippen LogP) is 2.24. The second kappa shape index (κ2) is 3.81. The summed E-state index contributed by atoms with van der Waals surface area (Å²) in [5.74, 6) is 0. The number of nitrogens with zero attached hydrogens (tertiary/aromatic N) is 2. The zero-order chi connectivity index (χ0) is 9.10. The summed E-state index contributed by atoms with van der Waals surface area (Å²) in [6.45, 7) is 0. The van der Waals surface area contributed by atoms with Gasteiger partial charge in [-0.1, -0.05) is 42.1 Å². The van der Waals surface area contributed by atoms with Gasteiger partial charge in [-0.05, 0) is 5.56 Å². The minimum atomic E-state index is 0.159. The molecule has 2 rings (SSSR count). The van der Waals surface area contributed by atoms with Gasteiger partial charge in [0.05, 0.1) is 12.7 Å². The van der Waals surface area contributed by atoms with E-state index in [1.165, 1.54) is 5.56 Å². The van der Waals surface area contributed by atoms with Crippen LogP contribution in [0.4, 0.5) is 0 Å². The Bertz CT molecular complexity index is 302. The minimum Gasteiger partial charge on any atom is -0.259 e. The molecule has 1 aliphatic rings. The maximum atomic E-state index is 5.09. The number of thioether (sulfide) groups is 1. The molecule has 0 aromatic heterocycles. The summed E-state index contributed by atoms with van der Waals surface area (Å²) in [7, 11) is 1.62. The zero-order valence-electron chi connectivity index (χ0n) is 7.25. The Kier molecular flexibility index (Phi) is 2.52. The normalized spacial score (nSPS) is 21.0. The van der Waals surface area contributed by atoms with Crippen LogP contribution in [0, 0.1) is 0 Å². The van der Waals surface area contributed by atoms with E-state index in [9.17, 15) is 0 Å². The lowest BCUT2D eigenvalue weighted by Gasteiger charge is -2.19. The van der Waals surface area contributed by atoms with Crippen molar-refractivity contribution in [2.45, 2.75) is 5.37 Å². The van der Waals surface area contributed by atoms with Crippen molar-refractivity contribution in [3.63, 3.8) is 0 Å². The van der Waals surface area contributed by atoms with Crippen molar-refractivity contribution in [3.05, 3.63) is 35.9 Å². The van der Waals surface area contributed by atoms with E-state index in [4.69, 9.17) is 4.84 Å². The number of hydroxylamine groups is 1. The second-order valence-corrected chi connectivity index (χ2v) is 3.53. The van der Waals surface area contributed by atoms with Gasteiger partial charge in [0.1, 0.15) is 0 Å². The summed E-state index contributed by atoms with van der Waals surface area (Å²) < 4.78 is 0. The standard InChI is InChI=1S/C9H10N2OS/c1-12-11-9(13-7-10-11)8-5-3-2-4-6-8/h2-7,9H,1H3. The lowest BCUT2D eigenvalue weighted by Crippen LogP contribution is -2.15. The van der Waals surface area contributed by atoms with Gasteiger partial charge in [0.15, 0.2) is 5.37 Å². The molecule has 0 aliphatic carbocycles. The number of hydrazone groups is 1. The lowest BCUT2D eigenvalue weighted by atomic mass is 10.2. The Morgan fingerprint density at radius 1 is 1.38 bits per heavy atom. The Hall–Kier alpha value is -1.00. The van der Waals surface area contributed by atoms with Gasteiger partial charge in [-0.2, -0.15) is 10.3 Å². The highest BCUT2D eigenvalue weighted by molar-refractivity contribution is 8.12. The Morgan fingerprint density at radius 3 is 2.85 bits per heavy atom. The third-order valence-electron chi connectivity index (χ3n) is 1.82. The lowest BCUT2D eigenvalue weighted by molar-refractivity contribution is -0.138.